The molecule has 7 nitrogen and oxygen atoms in total. The number of thioether (sulfide) groups is 1. The molecule has 3 aromatic heterocycles. The summed E-state index contributed by atoms with van der Waals surface area (Å²) in [6, 6.07) is 19.5. The van der Waals surface area contributed by atoms with Crippen LogP contribution in [0.2, 0.25) is 0 Å². The van der Waals surface area contributed by atoms with Crippen molar-refractivity contribution in [2.45, 2.75) is 18.2 Å². The van der Waals surface area contributed by atoms with Crippen molar-refractivity contribution in [3.63, 3.8) is 0 Å². The number of pyridine rings is 2. The molecule has 1 amide bonds. The highest BCUT2D eigenvalue weighted by atomic mass is 32.2. The van der Waals surface area contributed by atoms with Crippen LogP contribution < -0.4 is 5.32 Å². The van der Waals surface area contributed by atoms with Gasteiger partial charge in [0.15, 0.2) is 11.0 Å². The summed E-state index contributed by atoms with van der Waals surface area (Å²) in [6.45, 7) is 1.01. The average molecular weight is 417 g/mol. The third-order valence-electron chi connectivity index (χ3n) is 4.35. The molecule has 1 N–H and O–H groups in total. The van der Waals surface area contributed by atoms with Crippen LogP contribution in [0.1, 0.15) is 11.3 Å². The quantitative estimate of drug-likeness (QED) is 0.444. The summed E-state index contributed by atoms with van der Waals surface area (Å²) in [5.74, 6) is 0.887. The molecule has 3 heterocycles. The summed E-state index contributed by atoms with van der Waals surface area (Å²) in [7, 11) is 0. The van der Waals surface area contributed by atoms with Crippen LogP contribution in [0.25, 0.3) is 11.4 Å². The van der Waals surface area contributed by atoms with Crippen LogP contribution >= 0.6 is 11.8 Å². The third-order valence-corrected chi connectivity index (χ3v) is 5.31. The molecule has 0 fully saturated rings. The number of aromatic nitrogens is 5. The molecule has 0 spiro atoms. The average Bonchev–Trinajstić information content (AvgIpc) is 3.20. The lowest BCUT2D eigenvalue weighted by Crippen LogP contribution is -2.25. The van der Waals surface area contributed by atoms with E-state index in [1.165, 1.54) is 11.8 Å². The molecule has 0 aliphatic carbocycles. The first kappa shape index (κ1) is 19.8. The van der Waals surface area contributed by atoms with Crippen LogP contribution in [0.3, 0.4) is 0 Å². The summed E-state index contributed by atoms with van der Waals surface area (Å²) in [4.78, 5) is 20.7. The molecular formula is C22H20N6OS. The van der Waals surface area contributed by atoms with Crippen molar-refractivity contribution >= 4 is 17.7 Å². The number of hydrogen-bond acceptors (Lipinski definition) is 6. The highest BCUT2D eigenvalue weighted by molar-refractivity contribution is 7.99. The first-order valence-corrected chi connectivity index (χ1v) is 10.4. The van der Waals surface area contributed by atoms with Crippen LogP contribution in [0, 0.1) is 0 Å². The molecule has 1 aromatic carbocycles. The zero-order valence-electron chi connectivity index (χ0n) is 16.2. The van der Waals surface area contributed by atoms with E-state index in [9.17, 15) is 4.79 Å². The monoisotopic (exact) mass is 416 g/mol. The Bertz CT molecular complexity index is 1090. The Hall–Kier alpha value is -3.52. The Labute approximate surface area is 178 Å². The van der Waals surface area contributed by atoms with E-state index in [4.69, 9.17) is 0 Å². The van der Waals surface area contributed by atoms with Gasteiger partial charge < -0.3 is 5.32 Å². The maximum atomic E-state index is 12.3. The SMILES string of the molecule is O=C(CSc1nnc(-c2cccnc2)n1Cc1ccccc1)NCc1ccccn1. The molecule has 0 radical (unpaired) electrons. The molecule has 4 rings (SSSR count). The molecule has 150 valence electrons. The molecule has 4 aromatic rings. The van der Waals surface area contributed by atoms with Gasteiger partial charge in [-0.05, 0) is 29.8 Å². The molecule has 0 unspecified atom stereocenters. The Kier molecular flexibility index (Phi) is 6.46. The van der Waals surface area contributed by atoms with E-state index >= 15 is 0 Å². The number of nitrogens with zero attached hydrogens (tertiary/aromatic N) is 5. The second-order valence-corrected chi connectivity index (χ2v) is 7.45. The van der Waals surface area contributed by atoms with Crippen LogP contribution in [0.4, 0.5) is 0 Å². The lowest BCUT2D eigenvalue weighted by molar-refractivity contribution is -0.118. The van der Waals surface area contributed by atoms with Crippen LogP contribution in [0.15, 0.2) is 84.4 Å². The van der Waals surface area contributed by atoms with E-state index in [0.717, 1.165) is 22.6 Å². The number of hydrogen-bond donors (Lipinski definition) is 1. The maximum Gasteiger partial charge on any atom is 0.230 e. The van der Waals surface area contributed by atoms with Crippen LogP contribution in [-0.4, -0.2) is 36.4 Å². The van der Waals surface area contributed by atoms with Gasteiger partial charge in [-0.15, -0.1) is 10.2 Å². The van der Waals surface area contributed by atoms with Crippen molar-refractivity contribution < 1.29 is 4.79 Å². The molecule has 0 aliphatic rings. The Morgan fingerprint density at radius 3 is 2.60 bits per heavy atom. The van der Waals surface area contributed by atoms with E-state index in [1.54, 1.807) is 18.6 Å². The highest BCUT2D eigenvalue weighted by Crippen LogP contribution is 2.24. The molecule has 0 atom stereocenters. The first-order chi connectivity index (χ1) is 14.8. The molecule has 0 bridgehead atoms. The summed E-state index contributed by atoms with van der Waals surface area (Å²) in [5.41, 5.74) is 2.83. The van der Waals surface area contributed by atoms with Gasteiger partial charge in [0.05, 0.1) is 24.5 Å². The molecular weight excluding hydrogens is 396 g/mol. The molecule has 0 aliphatic heterocycles. The molecule has 8 heteroatoms. The van der Waals surface area contributed by atoms with Gasteiger partial charge >= 0.3 is 0 Å². The van der Waals surface area contributed by atoms with Gasteiger partial charge in [-0.25, -0.2) is 0 Å². The number of carbonyl (C=O) groups is 1. The van der Waals surface area contributed by atoms with E-state index in [-0.39, 0.29) is 11.7 Å². The summed E-state index contributed by atoms with van der Waals surface area (Å²) in [6.07, 6.45) is 5.20. The van der Waals surface area contributed by atoms with Crippen molar-refractivity contribution in [2.75, 3.05) is 5.75 Å². The third kappa shape index (κ3) is 5.09. The summed E-state index contributed by atoms with van der Waals surface area (Å²) < 4.78 is 2.02. The van der Waals surface area contributed by atoms with Gasteiger partial charge in [0, 0.05) is 24.2 Å². The lowest BCUT2D eigenvalue weighted by atomic mass is 10.2. The Morgan fingerprint density at radius 2 is 1.83 bits per heavy atom. The normalized spacial score (nSPS) is 10.7. The number of nitrogens with one attached hydrogen (secondary N) is 1. The van der Waals surface area contributed by atoms with Crippen molar-refractivity contribution in [2.24, 2.45) is 0 Å². The molecule has 0 saturated heterocycles. The molecule has 30 heavy (non-hydrogen) atoms. The number of benzene rings is 1. The molecule has 0 saturated carbocycles. The maximum absolute atomic E-state index is 12.3. The van der Waals surface area contributed by atoms with Crippen molar-refractivity contribution in [1.29, 1.82) is 0 Å². The van der Waals surface area contributed by atoms with Gasteiger partial charge in [-0.2, -0.15) is 0 Å². The van der Waals surface area contributed by atoms with E-state index in [1.807, 2.05) is 53.1 Å². The zero-order chi connectivity index (χ0) is 20.6. The predicted octanol–water partition coefficient (Wildman–Crippen LogP) is 3.19. The van der Waals surface area contributed by atoms with Crippen LogP contribution in [0.5, 0.6) is 0 Å². The second kappa shape index (κ2) is 9.80. The smallest absolute Gasteiger partial charge is 0.230 e. The topological polar surface area (TPSA) is 85.6 Å². The predicted molar refractivity (Wildman–Crippen MR) is 116 cm³/mol. The first-order valence-electron chi connectivity index (χ1n) is 9.46. The van der Waals surface area contributed by atoms with Gasteiger partial charge in [0.25, 0.3) is 0 Å². The number of carbonyl (C=O) groups excluding carboxylic acids is 1. The highest BCUT2D eigenvalue weighted by Gasteiger charge is 2.16. The summed E-state index contributed by atoms with van der Waals surface area (Å²) in [5, 5.41) is 12.3. The van der Waals surface area contributed by atoms with Gasteiger partial charge in [0.2, 0.25) is 5.91 Å². The summed E-state index contributed by atoms with van der Waals surface area (Å²) >= 11 is 1.36. The van der Waals surface area contributed by atoms with E-state index in [0.29, 0.717) is 18.2 Å². The van der Waals surface area contributed by atoms with Crippen LogP contribution in [-0.2, 0) is 17.9 Å². The Morgan fingerprint density at radius 1 is 0.967 bits per heavy atom. The largest absolute Gasteiger partial charge is 0.350 e. The van der Waals surface area contributed by atoms with E-state index in [2.05, 4.69) is 37.6 Å². The lowest BCUT2D eigenvalue weighted by Gasteiger charge is -2.10. The Balaban J connectivity index is 1.48. The van der Waals surface area contributed by atoms with E-state index < -0.39 is 0 Å². The fourth-order valence-electron chi connectivity index (χ4n) is 2.89. The number of rotatable bonds is 8. The van der Waals surface area contributed by atoms with Crippen molar-refractivity contribution in [1.82, 2.24) is 30.0 Å². The minimum atomic E-state index is -0.0807. The van der Waals surface area contributed by atoms with Crippen molar-refractivity contribution in [3.05, 3.63) is 90.5 Å². The van der Waals surface area contributed by atoms with Gasteiger partial charge in [-0.1, -0.05) is 48.2 Å². The van der Waals surface area contributed by atoms with Gasteiger partial charge in [0.1, 0.15) is 0 Å². The van der Waals surface area contributed by atoms with Crippen molar-refractivity contribution in [3.8, 4) is 11.4 Å². The minimum Gasteiger partial charge on any atom is -0.350 e. The second-order valence-electron chi connectivity index (χ2n) is 6.51. The zero-order valence-corrected chi connectivity index (χ0v) is 17.0. The fraction of sp³-hybridized carbons (Fsp3) is 0.136. The standard InChI is InChI=1S/C22H20N6OS/c29-20(25-14-19-10-4-5-12-24-19)16-30-22-27-26-21(18-9-6-11-23-13-18)28(22)15-17-7-2-1-3-8-17/h1-13H,14-16H2,(H,25,29). The minimum absolute atomic E-state index is 0.0807. The number of amides is 1. The fourth-order valence-corrected chi connectivity index (χ4v) is 3.65. The van der Waals surface area contributed by atoms with Gasteiger partial charge in [-0.3, -0.25) is 19.3 Å².